The SMILES string of the molecule is CN=C(NCc1nccn1C)N1CCCC2(CCCc3ccccc32)C1.I. The molecule has 0 amide bonds. The number of fused-ring (bicyclic) bond motifs is 2. The van der Waals surface area contributed by atoms with E-state index in [1.54, 1.807) is 11.1 Å². The molecule has 1 aromatic heterocycles. The molecule has 0 radical (unpaired) electrons. The number of rotatable bonds is 2. The van der Waals surface area contributed by atoms with Gasteiger partial charge in [-0.2, -0.15) is 0 Å². The van der Waals surface area contributed by atoms with Gasteiger partial charge in [-0.15, -0.1) is 24.0 Å². The molecule has 1 aliphatic heterocycles. The molecule has 146 valence electrons. The van der Waals surface area contributed by atoms with Crippen LogP contribution in [0.4, 0.5) is 0 Å². The van der Waals surface area contributed by atoms with Crippen molar-refractivity contribution in [3.05, 3.63) is 53.6 Å². The molecule has 2 aromatic rings. The number of imidazole rings is 1. The minimum Gasteiger partial charge on any atom is -0.349 e. The van der Waals surface area contributed by atoms with Gasteiger partial charge in [0.2, 0.25) is 0 Å². The lowest BCUT2D eigenvalue weighted by Crippen LogP contribution is -2.53. The van der Waals surface area contributed by atoms with Gasteiger partial charge in [0.25, 0.3) is 0 Å². The lowest BCUT2D eigenvalue weighted by atomic mass is 9.66. The van der Waals surface area contributed by atoms with Crippen LogP contribution in [0, 0.1) is 0 Å². The highest BCUT2D eigenvalue weighted by atomic mass is 127. The molecule has 1 atom stereocenters. The summed E-state index contributed by atoms with van der Waals surface area (Å²) in [5.74, 6) is 2.02. The van der Waals surface area contributed by atoms with Crippen molar-refractivity contribution in [3.63, 3.8) is 0 Å². The second-order valence-electron chi connectivity index (χ2n) is 7.67. The highest BCUT2D eigenvalue weighted by Gasteiger charge is 2.40. The van der Waals surface area contributed by atoms with E-state index in [1.165, 1.54) is 32.1 Å². The number of nitrogens with one attached hydrogen (secondary N) is 1. The third-order valence-corrected chi connectivity index (χ3v) is 6.10. The minimum absolute atomic E-state index is 0. The highest BCUT2D eigenvalue weighted by molar-refractivity contribution is 14.0. The highest BCUT2D eigenvalue weighted by Crippen LogP contribution is 2.43. The van der Waals surface area contributed by atoms with E-state index in [0.717, 1.165) is 24.9 Å². The van der Waals surface area contributed by atoms with E-state index in [9.17, 15) is 0 Å². The Kier molecular flexibility index (Phi) is 6.44. The van der Waals surface area contributed by atoms with Gasteiger partial charge in [0.05, 0.1) is 6.54 Å². The van der Waals surface area contributed by atoms with Crippen LogP contribution in [0.5, 0.6) is 0 Å². The lowest BCUT2D eigenvalue weighted by molar-refractivity contribution is 0.188. The number of halogens is 1. The molecule has 6 heteroatoms. The normalized spacial score (nSPS) is 22.3. The summed E-state index contributed by atoms with van der Waals surface area (Å²) in [6, 6.07) is 9.08. The van der Waals surface area contributed by atoms with Gasteiger partial charge >= 0.3 is 0 Å². The maximum atomic E-state index is 4.57. The Labute approximate surface area is 179 Å². The molecular weight excluding hydrogens is 449 g/mol. The van der Waals surface area contributed by atoms with Crippen LogP contribution in [0.1, 0.15) is 42.6 Å². The topological polar surface area (TPSA) is 45.5 Å². The van der Waals surface area contributed by atoms with Crippen LogP contribution in [0.25, 0.3) is 0 Å². The Morgan fingerprint density at radius 1 is 1.26 bits per heavy atom. The average molecular weight is 479 g/mol. The standard InChI is InChI=1S/C21H29N5.HI/c1-22-20(24-15-19-23-12-14-25(19)2)26-13-6-11-21(16-26)10-5-8-17-7-3-4-9-18(17)21;/h3-4,7,9,12,14H,5-6,8,10-11,13,15-16H2,1-2H3,(H,22,24);1H. The van der Waals surface area contributed by atoms with Crippen molar-refractivity contribution in [1.29, 1.82) is 0 Å². The molecule has 1 spiro atoms. The molecule has 1 N–H and O–H groups in total. The van der Waals surface area contributed by atoms with Gasteiger partial charge in [-0.25, -0.2) is 4.98 Å². The molecule has 1 saturated heterocycles. The minimum atomic E-state index is 0. The molecule has 2 heterocycles. The molecule has 1 aromatic carbocycles. The van der Waals surface area contributed by atoms with Gasteiger partial charge < -0.3 is 14.8 Å². The van der Waals surface area contributed by atoms with Crippen molar-refractivity contribution in [2.45, 2.75) is 44.1 Å². The van der Waals surface area contributed by atoms with E-state index >= 15 is 0 Å². The Bertz CT molecular complexity index is 799. The third kappa shape index (κ3) is 4.00. The van der Waals surface area contributed by atoms with Crippen LogP contribution < -0.4 is 5.32 Å². The molecule has 0 saturated carbocycles. The van der Waals surface area contributed by atoms with Crippen molar-refractivity contribution >= 4 is 29.9 Å². The zero-order valence-corrected chi connectivity index (χ0v) is 18.6. The zero-order valence-electron chi connectivity index (χ0n) is 16.3. The molecule has 27 heavy (non-hydrogen) atoms. The molecule has 1 aliphatic carbocycles. The molecule has 2 aliphatic rings. The Hall–Kier alpha value is -1.57. The average Bonchev–Trinajstić information content (AvgIpc) is 3.08. The van der Waals surface area contributed by atoms with Crippen LogP contribution in [0.2, 0.25) is 0 Å². The van der Waals surface area contributed by atoms with Crippen molar-refractivity contribution < 1.29 is 0 Å². The summed E-state index contributed by atoms with van der Waals surface area (Å²) >= 11 is 0. The monoisotopic (exact) mass is 479 g/mol. The van der Waals surface area contributed by atoms with Crippen molar-refractivity contribution in [2.75, 3.05) is 20.1 Å². The number of likely N-dealkylation sites (tertiary alicyclic amines) is 1. The number of aliphatic imine (C=N–C) groups is 1. The first kappa shape index (κ1) is 20.2. The largest absolute Gasteiger partial charge is 0.349 e. The number of benzene rings is 1. The number of aromatic nitrogens is 2. The Morgan fingerprint density at radius 2 is 2.07 bits per heavy atom. The maximum absolute atomic E-state index is 4.57. The fourth-order valence-electron chi connectivity index (χ4n) is 4.80. The smallest absolute Gasteiger partial charge is 0.194 e. The van der Waals surface area contributed by atoms with E-state index in [0.29, 0.717) is 6.54 Å². The fourth-order valence-corrected chi connectivity index (χ4v) is 4.80. The Balaban J connectivity index is 0.00000210. The summed E-state index contributed by atoms with van der Waals surface area (Å²) in [6.07, 6.45) is 10.1. The number of aryl methyl sites for hydroxylation is 2. The van der Waals surface area contributed by atoms with E-state index in [4.69, 9.17) is 0 Å². The van der Waals surface area contributed by atoms with Crippen molar-refractivity contribution in [1.82, 2.24) is 19.8 Å². The first-order valence-corrected chi connectivity index (χ1v) is 9.72. The van der Waals surface area contributed by atoms with E-state index in [1.807, 2.05) is 26.5 Å². The van der Waals surface area contributed by atoms with Crippen molar-refractivity contribution in [3.8, 4) is 0 Å². The first-order chi connectivity index (χ1) is 12.7. The van der Waals surface area contributed by atoms with Crippen LogP contribution in [-0.2, 0) is 25.4 Å². The molecule has 1 fully saturated rings. The number of hydrogen-bond donors (Lipinski definition) is 1. The van der Waals surface area contributed by atoms with Crippen molar-refractivity contribution in [2.24, 2.45) is 12.0 Å². The number of hydrogen-bond acceptors (Lipinski definition) is 2. The van der Waals surface area contributed by atoms with Crippen LogP contribution in [-0.4, -0.2) is 40.5 Å². The quantitative estimate of drug-likeness (QED) is 0.408. The number of guanidine groups is 1. The maximum Gasteiger partial charge on any atom is 0.194 e. The second kappa shape index (κ2) is 8.63. The predicted octanol–water partition coefficient (Wildman–Crippen LogP) is 3.48. The summed E-state index contributed by atoms with van der Waals surface area (Å²) in [7, 11) is 3.92. The molecule has 5 nitrogen and oxygen atoms in total. The van der Waals surface area contributed by atoms with Crippen LogP contribution in [0.15, 0.2) is 41.7 Å². The van der Waals surface area contributed by atoms with E-state index in [2.05, 4.69) is 49.0 Å². The first-order valence-electron chi connectivity index (χ1n) is 9.72. The van der Waals surface area contributed by atoms with Crippen LogP contribution in [0.3, 0.4) is 0 Å². The summed E-state index contributed by atoms with van der Waals surface area (Å²) in [6.45, 7) is 2.84. The number of nitrogens with zero attached hydrogens (tertiary/aromatic N) is 4. The second-order valence-corrected chi connectivity index (χ2v) is 7.67. The van der Waals surface area contributed by atoms with Crippen LogP contribution >= 0.6 is 24.0 Å². The van der Waals surface area contributed by atoms with Gasteiger partial charge in [0.1, 0.15) is 5.82 Å². The van der Waals surface area contributed by atoms with Gasteiger partial charge in [-0.05, 0) is 43.2 Å². The molecule has 0 bridgehead atoms. The molecule has 1 unspecified atom stereocenters. The van der Waals surface area contributed by atoms with E-state index < -0.39 is 0 Å². The van der Waals surface area contributed by atoms with E-state index in [-0.39, 0.29) is 29.4 Å². The van der Waals surface area contributed by atoms with Gasteiger partial charge in [0.15, 0.2) is 5.96 Å². The number of piperidine rings is 1. The molecular formula is C21H30IN5. The summed E-state index contributed by atoms with van der Waals surface area (Å²) in [4.78, 5) is 11.4. The third-order valence-electron chi connectivity index (χ3n) is 6.10. The van der Waals surface area contributed by atoms with Gasteiger partial charge in [-0.3, -0.25) is 4.99 Å². The Morgan fingerprint density at radius 3 is 2.85 bits per heavy atom. The summed E-state index contributed by atoms with van der Waals surface area (Å²) in [5, 5.41) is 3.52. The van der Waals surface area contributed by atoms with Gasteiger partial charge in [0, 0.05) is 45.0 Å². The lowest BCUT2D eigenvalue weighted by Gasteiger charge is -2.47. The predicted molar refractivity (Wildman–Crippen MR) is 121 cm³/mol. The summed E-state index contributed by atoms with van der Waals surface area (Å²) < 4.78 is 2.05. The summed E-state index contributed by atoms with van der Waals surface area (Å²) in [5.41, 5.74) is 3.42. The molecule has 4 rings (SSSR count). The van der Waals surface area contributed by atoms with Gasteiger partial charge in [-0.1, -0.05) is 24.3 Å². The zero-order chi connectivity index (χ0) is 18.0. The fraction of sp³-hybridized carbons (Fsp3) is 0.524.